The summed E-state index contributed by atoms with van der Waals surface area (Å²) in [4.78, 5) is 0. The first kappa shape index (κ1) is 13.8. The molecule has 0 aromatic heterocycles. The molecule has 0 saturated carbocycles. The molecule has 2 aromatic carbocycles. The number of hydrogen-bond acceptors (Lipinski definition) is 4. The van der Waals surface area contributed by atoms with Crippen LogP contribution in [-0.2, 0) is 6.54 Å². The van der Waals surface area contributed by atoms with Crippen molar-refractivity contribution in [3.8, 4) is 11.5 Å². The van der Waals surface area contributed by atoms with E-state index in [-0.39, 0.29) is 11.8 Å². The first-order valence-electron chi connectivity index (χ1n) is 7.20. The van der Waals surface area contributed by atoms with E-state index in [0.717, 1.165) is 25.2 Å². The van der Waals surface area contributed by atoms with Gasteiger partial charge in [-0.1, -0.05) is 24.3 Å². The molecule has 110 valence electrons. The highest BCUT2D eigenvalue weighted by Gasteiger charge is 2.18. The molecule has 0 radical (unpaired) electrons. The molecule has 1 atom stereocenters. The number of aromatic hydroxyl groups is 1. The first-order valence-corrected chi connectivity index (χ1v) is 7.20. The summed E-state index contributed by atoms with van der Waals surface area (Å²) in [7, 11) is 1.55. The normalized spacial score (nSPS) is 17.7. The Morgan fingerprint density at radius 2 is 2.10 bits per heavy atom. The number of ether oxygens (including phenoxy) is 1. The Bertz CT molecular complexity index is 628. The topological polar surface area (TPSA) is 53.5 Å². The van der Waals surface area contributed by atoms with Crippen LogP contribution in [0.5, 0.6) is 11.5 Å². The molecule has 0 amide bonds. The zero-order chi connectivity index (χ0) is 14.7. The number of nitrogens with one attached hydrogen (secondary N) is 2. The van der Waals surface area contributed by atoms with Gasteiger partial charge >= 0.3 is 0 Å². The predicted molar refractivity (Wildman–Crippen MR) is 83.8 cm³/mol. The molecule has 1 heterocycles. The number of anilines is 1. The molecule has 1 aliphatic rings. The van der Waals surface area contributed by atoms with Crippen molar-refractivity contribution in [1.29, 1.82) is 0 Å². The monoisotopic (exact) mass is 284 g/mol. The lowest BCUT2D eigenvalue weighted by Crippen LogP contribution is -2.15. The minimum Gasteiger partial charge on any atom is -0.504 e. The summed E-state index contributed by atoms with van der Waals surface area (Å²) in [5.41, 5.74) is 3.54. The lowest BCUT2D eigenvalue weighted by Gasteiger charge is -2.20. The number of rotatable bonds is 3. The van der Waals surface area contributed by atoms with Gasteiger partial charge in [-0.2, -0.15) is 0 Å². The number of phenolic OH excluding ortho intramolecular Hbond substituents is 1. The molecular weight excluding hydrogens is 264 g/mol. The average Bonchev–Trinajstić information content (AvgIpc) is 2.70. The van der Waals surface area contributed by atoms with E-state index in [4.69, 9.17) is 4.74 Å². The van der Waals surface area contributed by atoms with Crippen LogP contribution in [0.15, 0.2) is 42.5 Å². The van der Waals surface area contributed by atoms with E-state index in [1.165, 1.54) is 11.1 Å². The number of methoxy groups -OCH3 is 1. The predicted octanol–water partition coefficient (Wildman–Crippen LogP) is 3.05. The highest BCUT2D eigenvalue weighted by Crippen LogP contribution is 2.32. The third-order valence-corrected chi connectivity index (χ3v) is 3.88. The highest BCUT2D eigenvalue weighted by molar-refractivity contribution is 5.55. The van der Waals surface area contributed by atoms with E-state index in [9.17, 15) is 5.11 Å². The molecular formula is C17H20N2O2. The van der Waals surface area contributed by atoms with Gasteiger partial charge < -0.3 is 20.5 Å². The largest absolute Gasteiger partial charge is 0.504 e. The van der Waals surface area contributed by atoms with Crippen LogP contribution in [0.2, 0.25) is 0 Å². The van der Waals surface area contributed by atoms with Gasteiger partial charge in [0.1, 0.15) is 0 Å². The fraction of sp³-hybridized carbons (Fsp3) is 0.294. The molecule has 3 N–H and O–H groups in total. The van der Waals surface area contributed by atoms with Gasteiger partial charge in [0, 0.05) is 18.3 Å². The van der Waals surface area contributed by atoms with Crippen molar-refractivity contribution in [2.75, 3.05) is 19.0 Å². The molecule has 0 bridgehead atoms. The Hall–Kier alpha value is -2.20. The first-order chi connectivity index (χ1) is 10.3. The summed E-state index contributed by atoms with van der Waals surface area (Å²) in [6.07, 6.45) is 1.00. The second-order valence-electron chi connectivity index (χ2n) is 5.25. The Labute approximate surface area is 124 Å². The zero-order valence-electron chi connectivity index (χ0n) is 12.1. The number of phenols is 1. The molecule has 1 aliphatic heterocycles. The molecule has 21 heavy (non-hydrogen) atoms. The second kappa shape index (κ2) is 6.06. The molecule has 0 fully saturated rings. The molecule has 0 saturated heterocycles. The standard InChI is InChI=1S/C17H20N2O2/c1-21-17-7-6-13(10-16(17)20)19-15-8-9-18-11-12-4-2-3-5-14(12)15/h2-7,10,15,18-20H,8-9,11H2,1H3. The maximum absolute atomic E-state index is 9.89. The summed E-state index contributed by atoms with van der Waals surface area (Å²) in [5.74, 6) is 0.644. The fourth-order valence-electron chi connectivity index (χ4n) is 2.79. The van der Waals surface area contributed by atoms with Crippen molar-refractivity contribution in [3.63, 3.8) is 0 Å². The van der Waals surface area contributed by atoms with Gasteiger partial charge in [0.15, 0.2) is 11.5 Å². The summed E-state index contributed by atoms with van der Waals surface area (Å²) in [5, 5.41) is 16.8. The molecule has 4 nitrogen and oxygen atoms in total. The fourth-order valence-corrected chi connectivity index (χ4v) is 2.79. The third kappa shape index (κ3) is 2.95. The van der Waals surface area contributed by atoms with Crippen LogP contribution in [0.1, 0.15) is 23.6 Å². The van der Waals surface area contributed by atoms with Crippen LogP contribution < -0.4 is 15.4 Å². The smallest absolute Gasteiger partial charge is 0.160 e. The van der Waals surface area contributed by atoms with E-state index in [1.54, 1.807) is 19.2 Å². The molecule has 4 heteroatoms. The molecule has 0 spiro atoms. The van der Waals surface area contributed by atoms with Crippen molar-refractivity contribution in [1.82, 2.24) is 5.32 Å². The van der Waals surface area contributed by atoms with Crippen LogP contribution in [-0.4, -0.2) is 18.8 Å². The van der Waals surface area contributed by atoms with Crippen LogP contribution >= 0.6 is 0 Å². The summed E-state index contributed by atoms with van der Waals surface area (Å²) >= 11 is 0. The van der Waals surface area contributed by atoms with Gasteiger partial charge in [-0.15, -0.1) is 0 Å². The van der Waals surface area contributed by atoms with Crippen LogP contribution in [0, 0.1) is 0 Å². The van der Waals surface area contributed by atoms with E-state index >= 15 is 0 Å². The van der Waals surface area contributed by atoms with Crippen LogP contribution in [0.25, 0.3) is 0 Å². The van der Waals surface area contributed by atoms with Crippen molar-refractivity contribution in [2.24, 2.45) is 0 Å². The number of hydrogen-bond donors (Lipinski definition) is 3. The molecule has 3 rings (SSSR count). The maximum atomic E-state index is 9.89. The number of fused-ring (bicyclic) bond motifs is 1. The van der Waals surface area contributed by atoms with E-state index < -0.39 is 0 Å². The van der Waals surface area contributed by atoms with Gasteiger partial charge in [-0.3, -0.25) is 0 Å². The summed E-state index contributed by atoms with van der Waals surface area (Å²) in [6, 6.07) is 14.1. The maximum Gasteiger partial charge on any atom is 0.160 e. The van der Waals surface area contributed by atoms with Gasteiger partial charge in [0.25, 0.3) is 0 Å². The van der Waals surface area contributed by atoms with Crippen molar-refractivity contribution in [3.05, 3.63) is 53.6 Å². The van der Waals surface area contributed by atoms with E-state index in [2.05, 4.69) is 34.9 Å². The molecule has 0 aliphatic carbocycles. The summed E-state index contributed by atoms with van der Waals surface area (Å²) < 4.78 is 5.08. The Balaban J connectivity index is 1.86. The Morgan fingerprint density at radius 3 is 2.90 bits per heavy atom. The SMILES string of the molecule is COc1ccc(NC2CCNCc3ccccc32)cc1O. The highest BCUT2D eigenvalue weighted by atomic mass is 16.5. The Kier molecular flexibility index (Phi) is 3.97. The quantitative estimate of drug-likeness (QED) is 0.811. The number of benzene rings is 2. The van der Waals surface area contributed by atoms with Crippen LogP contribution in [0.3, 0.4) is 0 Å². The van der Waals surface area contributed by atoms with Crippen molar-refractivity contribution in [2.45, 2.75) is 19.0 Å². The Morgan fingerprint density at radius 1 is 1.24 bits per heavy atom. The van der Waals surface area contributed by atoms with E-state index in [1.807, 2.05) is 6.07 Å². The lowest BCUT2D eigenvalue weighted by atomic mass is 9.99. The lowest BCUT2D eigenvalue weighted by molar-refractivity contribution is 0.373. The van der Waals surface area contributed by atoms with Gasteiger partial charge in [-0.05, 0) is 36.2 Å². The summed E-state index contributed by atoms with van der Waals surface area (Å²) in [6.45, 7) is 1.87. The average molecular weight is 284 g/mol. The minimum atomic E-state index is 0.155. The van der Waals surface area contributed by atoms with Crippen molar-refractivity contribution >= 4 is 5.69 Å². The minimum absolute atomic E-state index is 0.155. The van der Waals surface area contributed by atoms with Crippen molar-refractivity contribution < 1.29 is 9.84 Å². The van der Waals surface area contributed by atoms with Gasteiger partial charge in [-0.25, -0.2) is 0 Å². The molecule has 1 unspecified atom stereocenters. The second-order valence-corrected chi connectivity index (χ2v) is 5.25. The van der Waals surface area contributed by atoms with Crippen LogP contribution in [0.4, 0.5) is 5.69 Å². The molecule has 2 aromatic rings. The van der Waals surface area contributed by atoms with Gasteiger partial charge in [0.05, 0.1) is 13.2 Å². The van der Waals surface area contributed by atoms with Gasteiger partial charge in [0.2, 0.25) is 0 Å². The van der Waals surface area contributed by atoms with E-state index in [0.29, 0.717) is 5.75 Å². The zero-order valence-corrected chi connectivity index (χ0v) is 12.1. The third-order valence-electron chi connectivity index (χ3n) is 3.88.